The summed E-state index contributed by atoms with van der Waals surface area (Å²) in [5.74, 6) is 0.940. The Morgan fingerprint density at radius 3 is 2.39 bits per heavy atom. The topological polar surface area (TPSA) is 73.8 Å². The van der Waals surface area contributed by atoms with Crippen molar-refractivity contribution in [3.05, 3.63) is 33.5 Å². The maximum Gasteiger partial charge on any atom is 0.233 e. The molecule has 2 bridgehead atoms. The molecule has 0 radical (unpaired) electrons. The Labute approximate surface area is 190 Å². The number of likely N-dealkylation sites (tertiary alicyclic amines) is 1. The van der Waals surface area contributed by atoms with Gasteiger partial charge in [-0.25, -0.2) is 0 Å². The second-order valence-corrected chi connectivity index (χ2v) is 9.01. The van der Waals surface area contributed by atoms with Crippen LogP contribution in [-0.2, 0) is 16.0 Å². The van der Waals surface area contributed by atoms with Crippen molar-refractivity contribution in [2.45, 2.75) is 12.8 Å². The number of hydrogen-bond donors (Lipinski definition) is 2. The fourth-order valence-electron chi connectivity index (χ4n) is 4.48. The highest BCUT2D eigenvalue weighted by atomic mass is 127. The molecule has 1 saturated carbocycles. The van der Waals surface area contributed by atoms with Crippen LogP contribution in [0.5, 0.6) is 0 Å². The van der Waals surface area contributed by atoms with Crippen LogP contribution in [0.15, 0.2) is 29.3 Å². The van der Waals surface area contributed by atoms with Crippen LogP contribution in [0.1, 0.15) is 11.3 Å². The molecule has 2 fully saturated rings. The molecule has 1 aromatic rings. The normalized spacial score (nSPS) is 27.9. The van der Waals surface area contributed by atoms with Crippen molar-refractivity contribution in [1.29, 1.82) is 0 Å². The first kappa shape index (κ1) is 21.6. The smallest absolute Gasteiger partial charge is 0.233 e. The lowest BCUT2D eigenvalue weighted by molar-refractivity contribution is -0.140. The van der Waals surface area contributed by atoms with E-state index in [-0.39, 0.29) is 59.5 Å². The Morgan fingerprint density at radius 1 is 1.18 bits per heavy atom. The maximum atomic E-state index is 12.7. The summed E-state index contributed by atoms with van der Waals surface area (Å²) in [7, 11) is 1.71. The van der Waals surface area contributed by atoms with Crippen molar-refractivity contribution in [2.24, 2.45) is 28.7 Å². The van der Waals surface area contributed by atoms with Gasteiger partial charge in [-0.2, -0.15) is 0 Å². The molecule has 2 aliphatic carbocycles. The van der Waals surface area contributed by atoms with Gasteiger partial charge in [0.1, 0.15) is 0 Å². The predicted molar refractivity (Wildman–Crippen MR) is 122 cm³/mol. The van der Waals surface area contributed by atoms with Gasteiger partial charge in [-0.15, -0.1) is 35.3 Å². The van der Waals surface area contributed by atoms with Crippen LogP contribution in [-0.4, -0.2) is 49.4 Å². The fourth-order valence-corrected chi connectivity index (χ4v) is 5.57. The van der Waals surface area contributed by atoms with Crippen LogP contribution >= 0.6 is 46.9 Å². The van der Waals surface area contributed by atoms with Gasteiger partial charge in [0.15, 0.2) is 5.96 Å². The molecular weight excluding hydrogens is 511 g/mol. The summed E-state index contributed by atoms with van der Waals surface area (Å²) in [5.41, 5.74) is 0. The van der Waals surface area contributed by atoms with Gasteiger partial charge < -0.3 is 10.6 Å². The first-order valence-corrected chi connectivity index (χ1v) is 10.5. The number of nitrogens with one attached hydrogen (secondary N) is 2. The number of allylic oxidation sites excluding steroid dienone is 2. The number of imide groups is 1. The summed E-state index contributed by atoms with van der Waals surface area (Å²) in [6.07, 6.45) is 6.06. The van der Waals surface area contributed by atoms with E-state index in [9.17, 15) is 9.59 Å². The van der Waals surface area contributed by atoms with Crippen molar-refractivity contribution >= 4 is 64.7 Å². The van der Waals surface area contributed by atoms with E-state index in [4.69, 9.17) is 11.6 Å². The van der Waals surface area contributed by atoms with Crippen LogP contribution in [0.2, 0.25) is 4.34 Å². The molecule has 2 amide bonds. The highest BCUT2D eigenvalue weighted by Gasteiger charge is 2.58. The van der Waals surface area contributed by atoms with Gasteiger partial charge in [0, 0.05) is 31.6 Å². The molecule has 4 unspecified atom stereocenters. The summed E-state index contributed by atoms with van der Waals surface area (Å²) in [4.78, 5) is 32.1. The third kappa shape index (κ3) is 4.09. The third-order valence-corrected chi connectivity index (χ3v) is 7.00. The van der Waals surface area contributed by atoms with Crippen molar-refractivity contribution in [2.75, 3.05) is 26.7 Å². The minimum absolute atomic E-state index is 0. The minimum Gasteiger partial charge on any atom is -0.356 e. The largest absolute Gasteiger partial charge is 0.356 e. The highest BCUT2D eigenvalue weighted by Crippen LogP contribution is 2.52. The molecule has 0 aromatic carbocycles. The lowest BCUT2D eigenvalue weighted by Gasteiger charge is -2.18. The number of halogens is 2. The van der Waals surface area contributed by atoms with E-state index >= 15 is 0 Å². The lowest BCUT2D eigenvalue weighted by atomic mass is 9.85. The van der Waals surface area contributed by atoms with Crippen LogP contribution in [0.3, 0.4) is 0 Å². The number of aliphatic imine (C=N–C) groups is 1. The van der Waals surface area contributed by atoms with Gasteiger partial charge in [0.2, 0.25) is 11.8 Å². The number of rotatable bonds is 6. The Morgan fingerprint density at radius 2 is 1.82 bits per heavy atom. The Balaban J connectivity index is 0.00000225. The van der Waals surface area contributed by atoms with Gasteiger partial charge in [-0.3, -0.25) is 19.5 Å². The van der Waals surface area contributed by atoms with E-state index < -0.39 is 0 Å². The number of thiophene rings is 1. The number of fused-ring (bicyclic) bond motifs is 5. The summed E-state index contributed by atoms with van der Waals surface area (Å²) < 4.78 is 0.792. The van der Waals surface area contributed by atoms with E-state index in [1.807, 2.05) is 12.1 Å². The summed E-state index contributed by atoms with van der Waals surface area (Å²) in [6, 6.07) is 3.92. The zero-order valence-electron chi connectivity index (χ0n) is 15.6. The van der Waals surface area contributed by atoms with E-state index in [1.165, 1.54) is 9.78 Å². The van der Waals surface area contributed by atoms with Crippen LogP contribution in [0.25, 0.3) is 0 Å². The van der Waals surface area contributed by atoms with Gasteiger partial charge in [-0.1, -0.05) is 23.8 Å². The lowest BCUT2D eigenvalue weighted by Crippen LogP contribution is -2.44. The molecule has 2 heterocycles. The number of guanidine groups is 1. The van der Waals surface area contributed by atoms with Gasteiger partial charge >= 0.3 is 0 Å². The molecule has 4 rings (SSSR count). The van der Waals surface area contributed by atoms with Crippen molar-refractivity contribution in [1.82, 2.24) is 15.5 Å². The summed E-state index contributed by atoms with van der Waals surface area (Å²) >= 11 is 7.51. The fraction of sp³-hybridized carbons (Fsp3) is 0.526. The van der Waals surface area contributed by atoms with Crippen LogP contribution < -0.4 is 10.6 Å². The van der Waals surface area contributed by atoms with Crippen molar-refractivity contribution in [3.8, 4) is 0 Å². The average Bonchev–Trinajstić information content (AvgIpc) is 3.41. The quantitative estimate of drug-likeness (QED) is 0.193. The minimum atomic E-state index is -0.123. The standard InChI is InChI=1S/C19H23ClN4O2S.HI/c1-21-19(22-7-6-13-4-5-14(20)27-13)23-8-9-24-17(25)15-11-2-3-12(10-11)16(15)18(24)26;/h2-5,11-12,15-16H,6-10H2,1H3,(H2,21,22,23);1H. The molecule has 4 atom stereocenters. The second kappa shape index (κ2) is 9.13. The molecule has 28 heavy (non-hydrogen) atoms. The second-order valence-electron chi connectivity index (χ2n) is 7.21. The maximum absolute atomic E-state index is 12.7. The third-order valence-electron chi connectivity index (χ3n) is 5.71. The predicted octanol–water partition coefficient (Wildman–Crippen LogP) is 2.53. The molecule has 0 spiro atoms. The number of nitrogens with zero attached hydrogens (tertiary/aromatic N) is 2. The van der Waals surface area contributed by atoms with E-state index in [0.29, 0.717) is 19.0 Å². The van der Waals surface area contributed by atoms with Crippen LogP contribution in [0.4, 0.5) is 0 Å². The van der Waals surface area contributed by atoms with Crippen molar-refractivity contribution < 1.29 is 9.59 Å². The highest BCUT2D eigenvalue weighted by molar-refractivity contribution is 14.0. The van der Waals surface area contributed by atoms with Gasteiger partial charge in [-0.05, 0) is 36.8 Å². The summed E-state index contributed by atoms with van der Waals surface area (Å²) in [6.45, 7) is 1.60. The van der Waals surface area contributed by atoms with Crippen LogP contribution in [0, 0.1) is 23.7 Å². The number of hydrogen-bond acceptors (Lipinski definition) is 4. The van der Waals surface area contributed by atoms with E-state index in [1.54, 1.807) is 18.4 Å². The number of carbonyl (C=O) groups is 2. The molecule has 2 N–H and O–H groups in total. The first-order valence-electron chi connectivity index (χ1n) is 9.30. The zero-order chi connectivity index (χ0) is 19.0. The van der Waals surface area contributed by atoms with E-state index in [0.717, 1.165) is 23.7 Å². The molecule has 1 aromatic heterocycles. The summed E-state index contributed by atoms with van der Waals surface area (Å²) in [5, 5.41) is 6.43. The van der Waals surface area contributed by atoms with E-state index in [2.05, 4.69) is 27.8 Å². The SMILES string of the molecule is CN=C(NCCc1ccc(Cl)s1)NCCN1C(=O)C2C3C=CC(C3)C2C1=O.I. The van der Waals surface area contributed by atoms with Crippen molar-refractivity contribution in [3.63, 3.8) is 0 Å². The number of carbonyl (C=O) groups excluding carboxylic acids is 2. The Hall–Kier alpha value is -1.13. The number of amides is 2. The zero-order valence-corrected chi connectivity index (χ0v) is 19.5. The molecule has 1 saturated heterocycles. The molecular formula is C19H24ClIN4O2S. The first-order chi connectivity index (χ1) is 13.1. The molecule has 3 aliphatic rings. The molecule has 152 valence electrons. The van der Waals surface area contributed by atoms with Gasteiger partial charge in [0.25, 0.3) is 0 Å². The molecule has 9 heteroatoms. The molecule has 1 aliphatic heterocycles. The Kier molecular flexibility index (Phi) is 7.03. The van der Waals surface area contributed by atoms with Gasteiger partial charge in [0.05, 0.1) is 16.2 Å². The Bertz CT molecular complexity index is 782. The molecule has 6 nitrogen and oxygen atoms in total. The monoisotopic (exact) mass is 534 g/mol. The average molecular weight is 535 g/mol.